The van der Waals surface area contributed by atoms with Gasteiger partial charge in [0.2, 0.25) is 0 Å². The van der Waals surface area contributed by atoms with E-state index in [0.29, 0.717) is 5.69 Å². The van der Waals surface area contributed by atoms with Gasteiger partial charge in [0.05, 0.1) is 12.3 Å². The van der Waals surface area contributed by atoms with Crippen molar-refractivity contribution in [2.75, 3.05) is 11.3 Å². The van der Waals surface area contributed by atoms with E-state index < -0.39 is 21.8 Å². The van der Waals surface area contributed by atoms with Crippen LogP contribution in [-0.4, -0.2) is 26.0 Å². The quantitative estimate of drug-likeness (QED) is 0.819. The van der Waals surface area contributed by atoms with Gasteiger partial charge in [-0.3, -0.25) is 4.72 Å². The summed E-state index contributed by atoms with van der Waals surface area (Å²) in [6.07, 6.45) is 0. The number of nitrogens with one attached hydrogen (secondary N) is 2. The second-order valence-electron chi connectivity index (χ2n) is 4.88. The molecule has 0 amide bonds. The van der Waals surface area contributed by atoms with Gasteiger partial charge in [-0.05, 0) is 32.9 Å². The first-order valence-electron chi connectivity index (χ1n) is 6.91. The number of halogens is 1. The normalized spacial score (nSPS) is 11.3. The van der Waals surface area contributed by atoms with Gasteiger partial charge >= 0.3 is 5.97 Å². The molecule has 0 radical (unpaired) electrons. The van der Waals surface area contributed by atoms with Crippen LogP contribution in [0.3, 0.4) is 0 Å². The lowest BCUT2D eigenvalue weighted by molar-refractivity contribution is 0.0521. The molecule has 0 fully saturated rings. The van der Waals surface area contributed by atoms with Gasteiger partial charge in [-0.1, -0.05) is 12.1 Å². The lowest BCUT2D eigenvalue weighted by Gasteiger charge is -2.10. The zero-order chi connectivity index (χ0) is 17.2. The molecule has 0 aliphatic carbocycles. The van der Waals surface area contributed by atoms with Crippen molar-refractivity contribution < 1.29 is 22.3 Å². The number of sulfonamides is 1. The molecule has 2 N–H and O–H groups in total. The Morgan fingerprint density at radius 3 is 2.52 bits per heavy atom. The number of hydrogen-bond acceptors (Lipinski definition) is 4. The third-order valence-corrected chi connectivity index (χ3v) is 4.72. The minimum absolute atomic E-state index is 0.0758. The molecule has 0 saturated heterocycles. The number of para-hydroxylation sites is 1. The van der Waals surface area contributed by atoms with Gasteiger partial charge in [0.1, 0.15) is 16.3 Å². The predicted octanol–water partition coefficient (Wildman–Crippen LogP) is 2.75. The Bertz CT molecular complexity index is 843. The summed E-state index contributed by atoms with van der Waals surface area (Å²) >= 11 is 0. The molecule has 124 valence electrons. The van der Waals surface area contributed by atoms with Crippen molar-refractivity contribution in [1.82, 2.24) is 4.98 Å². The molecule has 0 aliphatic heterocycles. The maximum atomic E-state index is 13.7. The standard InChI is InChI=1S/C15H17FN2O4S/c1-4-22-15(19)13-9(2)17-10(3)14(13)23(20,21)18-12-8-6-5-7-11(12)16/h5-8,17-18H,4H2,1-3H3. The number of aromatic amines is 1. The smallest absolute Gasteiger partial charge is 0.341 e. The average molecular weight is 340 g/mol. The molecule has 2 rings (SSSR count). The van der Waals surface area contributed by atoms with Gasteiger partial charge in [-0.25, -0.2) is 17.6 Å². The minimum Gasteiger partial charge on any atom is -0.462 e. The molecule has 6 nitrogen and oxygen atoms in total. The lowest BCUT2D eigenvalue weighted by atomic mass is 10.2. The van der Waals surface area contributed by atoms with Crippen LogP contribution in [0.2, 0.25) is 0 Å². The van der Waals surface area contributed by atoms with E-state index in [1.165, 1.54) is 25.1 Å². The first kappa shape index (κ1) is 17.0. The molecular weight excluding hydrogens is 323 g/mol. The Hall–Kier alpha value is -2.35. The Kier molecular flexibility index (Phi) is 4.74. The highest BCUT2D eigenvalue weighted by atomic mass is 32.2. The van der Waals surface area contributed by atoms with E-state index in [1.54, 1.807) is 13.8 Å². The molecule has 1 aromatic carbocycles. The van der Waals surface area contributed by atoms with E-state index in [0.717, 1.165) is 6.07 Å². The largest absolute Gasteiger partial charge is 0.462 e. The Balaban J connectivity index is 2.52. The summed E-state index contributed by atoms with van der Waals surface area (Å²) in [7, 11) is -4.16. The number of hydrogen-bond donors (Lipinski definition) is 2. The fraction of sp³-hybridized carbons (Fsp3) is 0.267. The summed E-state index contributed by atoms with van der Waals surface area (Å²) in [5.41, 5.74) is 0.373. The van der Waals surface area contributed by atoms with Gasteiger partial charge < -0.3 is 9.72 Å². The van der Waals surface area contributed by atoms with E-state index in [2.05, 4.69) is 9.71 Å². The zero-order valence-electron chi connectivity index (χ0n) is 12.9. The summed E-state index contributed by atoms with van der Waals surface area (Å²) < 4.78 is 46.0. The van der Waals surface area contributed by atoms with Gasteiger partial charge in [-0.15, -0.1) is 0 Å². The number of aryl methyl sites for hydroxylation is 2. The van der Waals surface area contributed by atoms with Crippen molar-refractivity contribution in [1.29, 1.82) is 0 Å². The fourth-order valence-electron chi connectivity index (χ4n) is 2.28. The van der Waals surface area contributed by atoms with Gasteiger partial charge in [0.25, 0.3) is 10.0 Å². The summed E-state index contributed by atoms with van der Waals surface area (Å²) in [4.78, 5) is 14.6. The highest BCUT2D eigenvalue weighted by molar-refractivity contribution is 7.92. The number of rotatable bonds is 5. The molecule has 0 bridgehead atoms. The van der Waals surface area contributed by atoms with Crippen LogP contribution in [-0.2, 0) is 14.8 Å². The van der Waals surface area contributed by atoms with Crippen LogP contribution in [0.1, 0.15) is 28.7 Å². The molecule has 1 heterocycles. The van der Waals surface area contributed by atoms with Crippen molar-refractivity contribution in [3.05, 3.63) is 47.0 Å². The first-order valence-corrected chi connectivity index (χ1v) is 8.40. The van der Waals surface area contributed by atoms with E-state index in [4.69, 9.17) is 4.74 Å². The number of carbonyl (C=O) groups excluding carboxylic acids is 1. The molecule has 0 atom stereocenters. The van der Waals surface area contributed by atoms with Gasteiger partial charge in [-0.2, -0.15) is 0 Å². The average Bonchev–Trinajstić information content (AvgIpc) is 2.77. The van der Waals surface area contributed by atoms with Gasteiger partial charge in [0.15, 0.2) is 0 Å². The number of H-pyrrole nitrogens is 1. The topological polar surface area (TPSA) is 88.3 Å². The van der Waals surface area contributed by atoms with Gasteiger partial charge in [0, 0.05) is 11.4 Å². The Morgan fingerprint density at radius 1 is 1.26 bits per heavy atom. The van der Waals surface area contributed by atoms with Crippen molar-refractivity contribution in [3.63, 3.8) is 0 Å². The number of anilines is 1. The van der Waals surface area contributed by atoms with E-state index in [9.17, 15) is 17.6 Å². The number of esters is 1. The number of ether oxygens (including phenoxy) is 1. The number of benzene rings is 1. The third-order valence-electron chi connectivity index (χ3n) is 3.18. The highest BCUT2D eigenvalue weighted by Gasteiger charge is 2.30. The van der Waals surface area contributed by atoms with Crippen LogP contribution in [0.25, 0.3) is 0 Å². The molecule has 0 aliphatic rings. The van der Waals surface area contributed by atoms with E-state index in [1.807, 2.05) is 0 Å². The Labute approximate surface area is 133 Å². The van der Waals surface area contributed by atoms with Crippen LogP contribution < -0.4 is 4.72 Å². The van der Waals surface area contributed by atoms with E-state index in [-0.39, 0.29) is 28.4 Å². The molecule has 2 aromatic rings. The van der Waals surface area contributed by atoms with Crippen molar-refractivity contribution in [2.24, 2.45) is 0 Å². The van der Waals surface area contributed by atoms with Crippen LogP contribution in [0, 0.1) is 19.7 Å². The lowest BCUT2D eigenvalue weighted by Crippen LogP contribution is -2.18. The maximum absolute atomic E-state index is 13.7. The van der Waals surface area contributed by atoms with Crippen LogP contribution in [0.15, 0.2) is 29.2 Å². The van der Waals surface area contributed by atoms with E-state index >= 15 is 0 Å². The summed E-state index contributed by atoms with van der Waals surface area (Å²) in [5, 5.41) is 0. The Morgan fingerprint density at radius 2 is 1.91 bits per heavy atom. The molecule has 0 unspecified atom stereocenters. The monoisotopic (exact) mass is 340 g/mol. The summed E-state index contributed by atoms with van der Waals surface area (Å²) in [5.74, 6) is -1.46. The predicted molar refractivity (Wildman–Crippen MR) is 83.4 cm³/mol. The van der Waals surface area contributed by atoms with Crippen LogP contribution in [0.4, 0.5) is 10.1 Å². The molecular formula is C15H17FN2O4S. The molecule has 0 spiro atoms. The first-order chi connectivity index (χ1) is 10.8. The maximum Gasteiger partial charge on any atom is 0.341 e. The van der Waals surface area contributed by atoms with Crippen molar-refractivity contribution >= 4 is 21.7 Å². The molecule has 0 saturated carbocycles. The third kappa shape index (κ3) is 3.37. The minimum atomic E-state index is -4.16. The highest BCUT2D eigenvalue weighted by Crippen LogP contribution is 2.27. The number of carbonyl (C=O) groups is 1. The second kappa shape index (κ2) is 6.41. The summed E-state index contributed by atoms with van der Waals surface area (Å²) in [6.45, 7) is 4.83. The van der Waals surface area contributed by atoms with Crippen LogP contribution in [0.5, 0.6) is 0 Å². The zero-order valence-corrected chi connectivity index (χ0v) is 13.8. The summed E-state index contributed by atoms with van der Waals surface area (Å²) in [6, 6.07) is 5.39. The fourth-order valence-corrected chi connectivity index (χ4v) is 3.80. The molecule has 23 heavy (non-hydrogen) atoms. The molecule has 8 heteroatoms. The number of aromatic nitrogens is 1. The van der Waals surface area contributed by atoms with Crippen molar-refractivity contribution in [3.8, 4) is 0 Å². The SMILES string of the molecule is CCOC(=O)c1c(C)[nH]c(C)c1S(=O)(=O)Nc1ccccc1F. The van der Waals surface area contributed by atoms with Crippen LogP contribution >= 0.6 is 0 Å². The molecule has 1 aromatic heterocycles. The van der Waals surface area contributed by atoms with Crippen molar-refractivity contribution in [2.45, 2.75) is 25.7 Å². The second-order valence-corrected chi connectivity index (χ2v) is 6.50.